The zero-order chi connectivity index (χ0) is 24.1. The first-order valence-corrected chi connectivity index (χ1v) is 11.7. The summed E-state index contributed by atoms with van der Waals surface area (Å²) in [6.07, 6.45) is -0.356. The molecular formula is C24H28F2N4O2S. The van der Waals surface area contributed by atoms with Crippen molar-refractivity contribution >= 4 is 23.4 Å². The van der Waals surface area contributed by atoms with Crippen molar-refractivity contribution in [2.24, 2.45) is 0 Å². The van der Waals surface area contributed by atoms with Crippen molar-refractivity contribution < 1.29 is 18.3 Å². The Balaban J connectivity index is 1.71. The van der Waals surface area contributed by atoms with Gasteiger partial charge in [0.1, 0.15) is 5.75 Å². The minimum atomic E-state index is -1.02. The molecule has 3 rings (SSSR count). The number of rotatable bonds is 9. The van der Waals surface area contributed by atoms with Gasteiger partial charge in [-0.2, -0.15) is 0 Å². The fourth-order valence-corrected chi connectivity index (χ4v) is 4.23. The molecule has 0 radical (unpaired) electrons. The van der Waals surface area contributed by atoms with Crippen molar-refractivity contribution in [1.29, 1.82) is 0 Å². The van der Waals surface area contributed by atoms with Crippen LogP contribution in [0.4, 0.5) is 14.5 Å². The molecule has 0 saturated carbocycles. The van der Waals surface area contributed by atoms with Crippen LogP contribution in [0, 0.1) is 11.6 Å². The maximum absolute atomic E-state index is 13.4. The van der Waals surface area contributed by atoms with Crippen LogP contribution in [0.3, 0.4) is 0 Å². The molecule has 1 heterocycles. The molecule has 1 unspecified atom stereocenters. The second-order valence-electron chi connectivity index (χ2n) is 8.22. The fourth-order valence-electron chi connectivity index (χ4n) is 3.36. The van der Waals surface area contributed by atoms with Gasteiger partial charge in [-0.15, -0.1) is 10.2 Å². The second-order valence-corrected chi connectivity index (χ2v) is 9.17. The van der Waals surface area contributed by atoms with E-state index in [-0.39, 0.29) is 29.5 Å². The maximum atomic E-state index is 13.4. The minimum absolute atomic E-state index is 0.0370. The Bertz CT molecular complexity index is 1120. The summed E-state index contributed by atoms with van der Waals surface area (Å²) in [5, 5.41) is 11.7. The van der Waals surface area contributed by atoms with Crippen LogP contribution < -0.4 is 10.1 Å². The molecule has 0 bridgehead atoms. The highest BCUT2D eigenvalue weighted by atomic mass is 32.2. The Morgan fingerprint density at radius 3 is 2.45 bits per heavy atom. The van der Waals surface area contributed by atoms with Gasteiger partial charge in [-0.3, -0.25) is 4.79 Å². The summed E-state index contributed by atoms with van der Waals surface area (Å²) in [7, 11) is 0. The summed E-state index contributed by atoms with van der Waals surface area (Å²) >= 11 is 1.22. The third kappa shape index (κ3) is 6.10. The molecule has 176 valence electrons. The predicted molar refractivity (Wildman–Crippen MR) is 126 cm³/mol. The molecule has 1 amide bonds. The Morgan fingerprint density at radius 1 is 1.06 bits per heavy atom. The molecule has 0 aliphatic carbocycles. The first-order valence-electron chi connectivity index (χ1n) is 10.8. The van der Waals surface area contributed by atoms with Crippen LogP contribution in [0.2, 0.25) is 0 Å². The van der Waals surface area contributed by atoms with Gasteiger partial charge in [0, 0.05) is 17.8 Å². The Morgan fingerprint density at radius 2 is 1.79 bits per heavy atom. The average Bonchev–Trinajstić information content (AvgIpc) is 3.19. The highest BCUT2D eigenvalue weighted by molar-refractivity contribution is 7.99. The van der Waals surface area contributed by atoms with Gasteiger partial charge in [0.05, 0.1) is 5.75 Å². The summed E-state index contributed by atoms with van der Waals surface area (Å²) in [5.41, 5.74) is 1.31. The van der Waals surface area contributed by atoms with Crippen LogP contribution in [0.1, 0.15) is 64.1 Å². The number of benzene rings is 2. The number of thioether (sulfide) groups is 1. The van der Waals surface area contributed by atoms with Gasteiger partial charge in [0.2, 0.25) is 5.91 Å². The number of carbonyl (C=O) groups is 1. The van der Waals surface area contributed by atoms with Crippen molar-refractivity contribution in [2.75, 3.05) is 11.1 Å². The smallest absolute Gasteiger partial charge is 0.234 e. The Labute approximate surface area is 196 Å². The number of aromatic nitrogens is 3. The van der Waals surface area contributed by atoms with Gasteiger partial charge < -0.3 is 14.6 Å². The van der Waals surface area contributed by atoms with Gasteiger partial charge in [-0.25, -0.2) is 8.78 Å². The lowest BCUT2D eigenvalue weighted by molar-refractivity contribution is -0.113. The Kier molecular flexibility index (Phi) is 8.07. The quantitative estimate of drug-likeness (QED) is 0.378. The van der Waals surface area contributed by atoms with Crippen molar-refractivity contribution in [2.45, 2.75) is 57.8 Å². The first kappa shape index (κ1) is 24.7. The SMILES string of the molecule is CC(C)c1ccccc1OC(C)c1nnc(SCC(=O)Nc2ccc(F)c(F)c2)n1C(C)C. The molecule has 3 aromatic rings. The molecule has 2 aromatic carbocycles. The van der Waals surface area contributed by atoms with Crippen molar-refractivity contribution in [1.82, 2.24) is 14.8 Å². The van der Waals surface area contributed by atoms with E-state index in [0.29, 0.717) is 16.9 Å². The fraction of sp³-hybridized carbons (Fsp3) is 0.375. The number of halogens is 2. The third-order valence-electron chi connectivity index (χ3n) is 4.95. The molecule has 0 saturated heterocycles. The minimum Gasteiger partial charge on any atom is -0.482 e. The summed E-state index contributed by atoms with van der Waals surface area (Å²) in [4.78, 5) is 12.3. The number of nitrogens with one attached hydrogen (secondary N) is 1. The van der Waals surface area contributed by atoms with Crippen LogP contribution in [-0.2, 0) is 4.79 Å². The average molecular weight is 475 g/mol. The van der Waals surface area contributed by atoms with E-state index in [1.54, 1.807) is 0 Å². The molecule has 33 heavy (non-hydrogen) atoms. The number of hydrogen-bond acceptors (Lipinski definition) is 5. The summed E-state index contributed by atoms with van der Waals surface area (Å²) < 4.78 is 34.6. The number of ether oxygens (including phenoxy) is 1. The van der Waals surface area contributed by atoms with E-state index in [2.05, 4.69) is 29.4 Å². The van der Waals surface area contributed by atoms with E-state index in [1.807, 2.05) is 49.6 Å². The number of carbonyl (C=O) groups excluding carboxylic acids is 1. The molecule has 0 aliphatic heterocycles. The predicted octanol–water partition coefficient (Wildman–Crippen LogP) is 6.13. The molecule has 0 fully saturated rings. The molecule has 9 heteroatoms. The zero-order valence-corrected chi connectivity index (χ0v) is 20.1. The lowest BCUT2D eigenvalue weighted by Crippen LogP contribution is -2.17. The number of hydrogen-bond donors (Lipinski definition) is 1. The zero-order valence-electron chi connectivity index (χ0n) is 19.3. The number of amides is 1. The van der Waals surface area contributed by atoms with Gasteiger partial charge in [-0.05, 0) is 50.5 Å². The summed E-state index contributed by atoms with van der Waals surface area (Å²) in [6.45, 7) is 10.2. The lowest BCUT2D eigenvalue weighted by atomic mass is 10.0. The van der Waals surface area contributed by atoms with Gasteiger partial charge >= 0.3 is 0 Å². The molecule has 0 spiro atoms. The van der Waals surface area contributed by atoms with Crippen LogP contribution in [-0.4, -0.2) is 26.4 Å². The molecule has 1 aromatic heterocycles. The van der Waals surface area contributed by atoms with Crippen molar-refractivity contribution in [3.05, 3.63) is 65.5 Å². The normalized spacial score (nSPS) is 12.3. The van der Waals surface area contributed by atoms with E-state index < -0.39 is 11.6 Å². The van der Waals surface area contributed by atoms with Crippen LogP contribution in [0.15, 0.2) is 47.6 Å². The highest BCUT2D eigenvalue weighted by Crippen LogP contribution is 2.31. The maximum Gasteiger partial charge on any atom is 0.234 e. The van der Waals surface area contributed by atoms with Crippen molar-refractivity contribution in [3.63, 3.8) is 0 Å². The van der Waals surface area contributed by atoms with Gasteiger partial charge in [0.15, 0.2) is 28.7 Å². The van der Waals surface area contributed by atoms with Crippen LogP contribution in [0.5, 0.6) is 5.75 Å². The largest absolute Gasteiger partial charge is 0.482 e. The van der Waals surface area contributed by atoms with Gasteiger partial charge in [0.25, 0.3) is 0 Å². The molecule has 1 atom stereocenters. The Hall–Kier alpha value is -2.94. The van der Waals surface area contributed by atoms with Crippen LogP contribution >= 0.6 is 11.8 Å². The van der Waals surface area contributed by atoms with Gasteiger partial charge in [-0.1, -0.05) is 43.8 Å². The first-order chi connectivity index (χ1) is 15.7. The number of nitrogens with zero attached hydrogens (tertiary/aromatic N) is 3. The highest BCUT2D eigenvalue weighted by Gasteiger charge is 2.23. The van der Waals surface area contributed by atoms with E-state index in [0.717, 1.165) is 23.4 Å². The van der Waals surface area contributed by atoms with Crippen LogP contribution in [0.25, 0.3) is 0 Å². The summed E-state index contributed by atoms with van der Waals surface area (Å²) in [6, 6.07) is 11.2. The van der Waals surface area contributed by atoms with E-state index in [1.165, 1.54) is 17.8 Å². The van der Waals surface area contributed by atoms with E-state index in [4.69, 9.17) is 4.74 Å². The number of anilines is 1. The second kappa shape index (κ2) is 10.8. The van der Waals surface area contributed by atoms with Crippen molar-refractivity contribution in [3.8, 4) is 5.75 Å². The van der Waals surface area contributed by atoms with E-state index >= 15 is 0 Å². The molecular weight excluding hydrogens is 446 g/mol. The topological polar surface area (TPSA) is 69.0 Å². The molecule has 0 aliphatic rings. The monoisotopic (exact) mass is 474 g/mol. The lowest BCUT2D eigenvalue weighted by Gasteiger charge is -2.21. The summed E-state index contributed by atoms with van der Waals surface area (Å²) in [5.74, 6) is -0.526. The molecule has 6 nitrogen and oxygen atoms in total. The number of para-hydroxylation sites is 1. The third-order valence-corrected chi connectivity index (χ3v) is 5.89. The molecule has 1 N–H and O–H groups in total. The van der Waals surface area contributed by atoms with E-state index in [9.17, 15) is 13.6 Å². The standard InChI is InChI=1S/C24H28F2N4O2S/c1-14(2)18-8-6-7-9-21(18)32-16(5)23-28-29-24(30(23)15(3)4)33-13-22(31)27-17-10-11-19(25)20(26)12-17/h6-12,14-16H,13H2,1-5H3,(H,27,31).